The molecule has 1 saturated carbocycles. The number of benzene rings is 1. The number of aliphatic hydroxyl groups excluding tert-OH is 2. The van der Waals surface area contributed by atoms with Crippen LogP contribution in [0.2, 0.25) is 0 Å². The Morgan fingerprint density at radius 1 is 1.09 bits per heavy atom. The van der Waals surface area contributed by atoms with Gasteiger partial charge in [-0.05, 0) is 48.6 Å². The van der Waals surface area contributed by atoms with Crippen LogP contribution in [0.15, 0.2) is 48.9 Å². The summed E-state index contributed by atoms with van der Waals surface area (Å²) in [5.74, 6) is 0.895. The van der Waals surface area contributed by atoms with E-state index in [0.29, 0.717) is 23.7 Å². The number of anilines is 2. The third-order valence-corrected chi connectivity index (χ3v) is 7.49. The Balaban J connectivity index is 1.43. The van der Waals surface area contributed by atoms with Crippen molar-refractivity contribution in [3.05, 3.63) is 54.5 Å². The first kappa shape index (κ1) is 20.7. The fourth-order valence-electron chi connectivity index (χ4n) is 5.29. The molecule has 8 nitrogen and oxygen atoms in total. The lowest BCUT2D eigenvalue weighted by Crippen LogP contribution is -2.36. The van der Waals surface area contributed by atoms with Gasteiger partial charge in [-0.15, -0.1) is 0 Å². The van der Waals surface area contributed by atoms with Crippen molar-refractivity contribution in [1.29, 1.82) is 0 Å². The lowest BCUT2D eigenvalue weighted by atomic mass is 9.74. The molecule has 0 unspecified atom stereocenters. The van der Waals surface area contributed by atoms with Crippen molar-refractivity contribution in [2.45, 2.75) is 44.9 Å². The van der Waals surface area contributed by atoms with Gasteiger partial charge in [-0.2, -0.15) is 0 Å². The summed E-state index contributed by atoms with van der Waals surface area (Å²) >= 11 is 0. The third-order valence-electron chi connectivity index (χ3n) is 7.49. The molecule has 0 spiro atoms. The molecule has 0 aliphatic heterocycles. The van der Waals surface area contributed by atoms with Gasteiger partial charge < -0.3 is 26.2 Å². The monoisotopic (exact) mass is 432 g/mol. The standard InChI is InChI=1S/C24H28N6O2/c1-13-19(30-10-8-16-22(26)27-12-28-23(16)30)20(31)21(32)24(13,2)9-7-14-3-4-15-5-6-18(25)29-17(15)11-14/h3-6,8,10-13,19-21,31-32H,7,9H2,1-2H3,(H2,25,29)(H2,26,27,28)/t13-,19-,20+,21+,24+/m1/s1. The highest BCUT2D eigenvalue weighted by Gasteiger charge is 2.55. The summed E-state index contributed by atoms with van der Waals surface area (Å²) in [4.78, 5) is 12.8. The molecule has 32 heavy (non-hydrogen) atoms. The van der Waals surface area contributed by atoms with E-state index >= 15 is 0 Å². The zero-order valence-electron chi connectivity index (χ0n) is 18.2. The second-order valence-electron chi connectivity index (χ2n) is 9.20. The number of aryl methyl sites for hydroxylation is 1. The van der Waals surface area contributed by atoms with Crippen LogP contribution in [-0.4, -0.2) is 41.9 Å². The molecule has 4 aromatic rings. The molecule has 1 aromatic carbocycles. The van der Waals surface area contributed by atoms with E-state index in [9.17, 15) is 10.2 Å². The van der Waals surface area contributed by atoms with Crippen LogP contribution in [0.5, 0.6) is 0 Å². The number of aromatic nitrogens is 4. The van der Waals surface area contributed by atoms with Crippen molar-refractivity contribution in [2.24, 2.45) is 11.3 Å². The van der Waals surface area contributed by atoms with E-state index in [1.807, 2.05) is 35.0 Å². The van der Waals surface area contributed by atoms with Crippen LogP contribution in [0.1, 0.15) is 31.9 Å². The molecule has 1 fully saturated rings. The van der Waals surface area contributed by atoms with Crippen molar-refractivity contribution in [3.63, 3.8) is 0 Å². The van der Waals surface area contributed by atoms with Gasteiger partial charge in [-0.3, -0.25) is 0 Å². The average Bonchev–Trinajstić information content (AvgIpc) is 3.27. The first-order valence-electron chi connectivity index (χ1n) is 10.9. The topological polar surface area (TPSA) is 136 Å². The fraction of sp³-hybridized carbons (Fsp3) is 0.375. The van der Waals surface area contributed by atoms with Crippen molar-refractivity contribution < 1.29 is 10.2 Å². The normalized spacial score (nSPS) is 28.0. The van der Waals surface area contributed by atoms with E-state index in [2.05, 4.69) is 34.9 Å². The van der Waals surface area contributed by atoms with Crippen LogP contribution in [0.25, 0.3) is 21.9 Å². The minimum Gasteiger partial charge on any atom is -0.390 e. The number of pyridine rings is 1. The molecule has 5 rings (SSSR count). The van der Waals surface area contributed by atoms with Crippen LogP contribution in [-0.2, 0) is 6.42 Å². The molecule has 1 aliphatic rings. The number of nitrogens with two attached hydrogens (primary N) is 2. The van der Waals surface area contributed by atoms with Crippen LogP contribution < -0.4 is 11.5 Å². The summed E-state index contributed by atoms with van der Waals surface area (Å²) in [7, 11) is 0. The minimum atomic E-state index is -0.917. The van der Waals surface area contributed by atoms with Crippen molar-refractivity contribution in [1.82, 2.24) is 19.5 Å². The zero-order chi connectivity index (χ0) is 22.6. The van der Waals surface area contributed by atoms with E-state index in [4.69, 9.17) is 11.5 Å². The number of aliphatic hydroxyl groups is 2. The predicted octanol–water partition coefficient (Wildman–Crippen LogP) is 2.70. The molecule has 0 saturated heterocycles. The smallest absolute Gasteiger partial charge is 0.145 e. The van der Waals surface area contributed by atoms with E-state index in [1.165, 1.54) is 6.33 Å². The highest BCUT2D eigenvalue weighted by molar-refractivity contribution is 5.86. The Labute approximate surface area is 185 Å². The largest absolute Gasteiger partial charge is 0.390 e. The maximum absolute atomic E-state index is 11.1. The maximum atomic E-state index is 11.1. The third kappa shape index (κ3) is 3.10. The summed E-state index contributed by atoms with van der Waals surface area (Å²) in [6, 6.07) is 11.5. The van der Waals surface area contributed by atoms with Crippen molar-refractivity contribution in [3.8, 4) is 0 Å². The predicted molar refractivity (Wildman–Crippen MR) is 125 cm³/mol. The number of nitrogen functional groups attached to an aromatic ring is 2. The molecule has 0 amide bonds. The average molecular weight is 433 g/mol. The molecule has 8 heteroatoms. The van der Waals surface area contributed by atoms with Gasteiger partial charge in [0.2, 0.25) is 0 Å². The lowest BCUT2D eigenvalue weighted by molar-refractivity contribution is -0.0280. The number of hydrogen-bond acceptors (Lipinski definition) is 7. The minimum absolute atomic E-state index is 0.00600. The molecule has 0 radical (unpaired) electrons. The lowest BCUT2D eigenvalue weighted by Gasteiger charge is -2.34. The quantitative estimate of drug-likeness (QED) is 0.389. The molecule has 0 bridgehead atoms. The summed E-state index contributed by atoms with van der Waals surface area (Å²) in [5.41, 5.74) is 14.0. The Hall–Kier alpha value is -3.23. The maximum Gasteiger partial charge on any atom is 0.145 e. The molecule has 5 atom stereocenters. The molecule has 6 N–H and O–H groups in total. The number of fused-ring (bicyclic) bond motifs is 2. The molecule has 166 valence electrons. The van der Waals surface area contributed by atoms with Gasteiger partial charge in [0.15, 0.2) is 0 Å². The van der Waals surface area contributed by atoms with E-state index in [0.717, 1.165) is 28.3 Å². The van der Waals surface area contributed by atoms with Crippen LogP contribution in [0.4, 0.5) is 11.6 Å². The fourth-order valence-corrected chi connectivity index (χ4v) is 5.29. The second-order valence-corrected chi connectivity index (χ2v) is 9.20. The van der Waals surface area contributed by atoms with Gasteiger partial charge >= 0.3 is 0 Å². The summed E-state index contributed by atoms with van der Waals surface area (Å²) in [5, 5.41) is 24.0. The van der Waals surface area contributed by atoms with Crippen LogP contribution >= 0.6 is 0 Å². The number of rotatable bonds is 4. The van der Waals surface area contributed by atoms with Gasteiger partial charge in [-0.25, -0.2) is 15.0 Å². The summed E-state index contributed by atoms with van der Waals surface area (Å²) in [6.07, 6.45) is 2.99. The first-order chi connectivity index (χ1) is 15.3. The summed E-state index contributed by atoms with van der Waals surface area (Å²) in [6.45, 7) is 4.14. The Bertz CT molecular complexity index is 1300. The van der Waals surface area contributed by atoms with Crippen molar-refractivity contribution >= 4 is 33.6 Å². The van der Waals surface area contributed by atoms with Gasteiger partial charge in [0.05, 0.1) is 23.0 Å². The van der Waals surface area contributed by atoms with Gasteiger partial charge in [0.25, 0.3) is 0 Å². The Kier molecular flexibility index (Phi) is 4.79. The highest BCUT2D eigenvalue weighted by Crippen LogP contribution is 2.52. The first-order valence-corrected chi connectivity index (χ1v) is 10.9. The Morgan fingerprint density at radius 2 is 1.88 bits per heavy atom. The molecular formula is C24H28N6O2. The highest BCUT2D eigenvalue weighted by atomic mass is 16.3. The SMILES string of the molecule is C[C@@H]1[C@@H](n2ccc3c(N)ncnc32)[C@H](O)[C@H](O)[C@@]1(C)CCc1ccc2ccc(N)nc2c1. The van der Waals surface area contributed by atoms with Gasteiger partial charge in [0.1, 0.15) is 29.7 Å². The zero-order valence-corrected chi connectivity index (χ0v) is 18.2. The second kappa shape index (κ2) is 7.43. The number of hydrogen-bond donors (Lipinski definition) is 4. The molecule has 3 aromatic heterocycles. The van der Waals surface area contributed by atoms with E-state index in [-0.39, 0.29) is 12.0 Å². The molecule has 3 heterocycles. The van der Waals surface area contributed by atoms with Gasteiger partial charge in [-0.1, -0.05) is 26.0 Å². The Morgan fingerprint density at radius 3 is 2.69 bits per heavy atom. The van der Waals surface area contributed by atoms with Crippen LogP contribution in [0, 0.1) is 11.3 Å². The number of nitrogens with zero attached hydrogens (tertiary/aromatic N) is 4. The van der Waals surface area contributed by atoms with Crippen molar-refractivity contribution in [2.75, 3.05) is 11.5 Å². The van der Waals surface area contributed by atoms with E-state index in [1.54, 1.807) is 6.07 Å². The molecule has 1 aliphatic carbocycles. The van der Waals surface area contributed by atoms with Crippen LogP contribution in [0.3, 0.4) is 0 Å². The molecular weight excluding hydrogens is 404 g/mol. The van der Waals surface area contributed by atoms with E-state index < -0.39 is 17.6 Å². The van der Waals surface area contributed by atoms with Gasteiger partial charge in [0, 0.05) is 17.0 Å². The summed E-state index contributed by atoms with van der Waals surface area (Å²) < 4.78 is 1.93.